The van der Waals surface area contributed by atoms with E-state index in [1.807, 2.05) is 12.3 Å². The molecule has 1 aromatic heterocycles. The number of thiophene rings is 1. The highest BCUT2D eigenvalue weighted by atomic mass is 32.1. The van der Waals surface area contributed by atoms with Crippen molar-refractivity contribution < 1.29 is 9.53 Å². The Morgan fingerprint density at radius 1 is 1.79 bits per heavy atom. The average Bonchev–Trinajstić information content (AvgIpc) is 2.65. The van der Waals surface area contributed by atoms with E-state index in [1.54, 1.807) is 11.3 Å². The van der Waals surface area contributed by atoms with Gasteiger partial charge in [-0.05, 0) is 30.4 Å². The number of fused-ring (bicyclic) bond motifs is 1. The summed E-state index contributed by atoms with van der Waals surface area (Å²) < 4.78 is 5.01. The molecule has 0 amide bonds. The first kappa shape index (κ1) is 9.68. The molecule has 14 heavy (non-hydrogen) atoms. The average molecular weight is 211 g/mol. The molecule has 2 rings (SSSR count). The molecule has 0 saturated heterocycles. The number of esters is 1. The molecule has 3 nitrogen and oxygen atoms in total. The first-order valence-electron chi connectivity index (χ1n) is 4.79. The molecule has 0 aromatic carbocycles. The minimum atomic E-state index is -0.237. The van der Waals surface area contributed by atoms with Gasteiger partial charge in [0.25, 0.3) is 0 Å². The normalized spacial score (nSPS) is 20.2. The highest BCUT2D eigenvalue weighted by Gasteiger charge is 2.27. The molecule has 2 heterocycles. The second-order valence-electron chi connectivity index (χ2n) is 3.20. The van der Waals surface area contributed by atoms with Gasteiger partial charge in [0.2, 0.25) is 0 Å². The number of nitrogens with one attached hydrogen (secondary N) is 1. The molecule has 76 valence electrons. The molecule has 0 radical (unpaired) electrons. The van der Waals surface area contributed by atoms with Crippen molar-refractivity contribution in [2.45, 2.75) is 19.4 Å². The molecule has 0 aliphatic carbocycles. The van der Waals surface area contributed by atoms with Crippen molar-refractivity contribution in [2.75, 3.05) is 13.2 Å². The van der Waals surface area contributed by atoms with Crippen molar-refractivity contribution in [2.24, 2.45) is 0 Å². The van der Waals surface area contributed by atoms with Gasteiger partial charge in [-0.25, -0.2) is 4.79 Å². The standard InChI is InChI=1S/C10H13NO2S/c1-2-13-10(12)8-9-7(3-5-11-8)4-6-14-9/h4,6,8,11H,2-3,5H2,1H3/t8-/m0/s1. The van der Waals surface area contributed by atoms with E-state index in [4.69, 9.17) is 4.74 Å². The number of carbonyl (C=O) groups is 1. The van der Waals surface area contributed by atoms with Gasteiger partial charge in [-0.15, -0.1) is 11.3 Å². The van der Waals surface area contributed by atoms with Crippen molar-refractivity contribution >= 4 is 17.3 Å². The number of carbonyl (C=O) groups excluding carboxylic acids is 1. The summed E-state index contributed by atoms with van der Waals surface area (Å²) in [6, 6.07) is 1.85. The van der Waals surface area contributed by atoms with E-state index in [2.05, 4.69) is 11.4 Å². The Labute approximate surface area is 87.1 Å². The summed E-state index contributed by atoms with van der Waals surface area (Å²) in [5, 5.41) is 5.21. The Morgan fingerprint density at radius 2 is 2.64 bits per heavy atom. The Balaban J connectivity index is 2.19. The Kier molecular flexibility index (Phi) is 2.84. The summed E-state index contributed by atoms with van der Waals surface area (Å²) in [6.07, 6.45) is 1.01. The number of ether oxygens (including phenoxy) is 1. The van der Waals surface area contributed by atoms with Crippen molar-refractivity contribution in [3.05, 3.63) is 21.9 Å². The van der Waals surface area contributed by atoms with Crippen LogP contribution >= 0.6 is 11.3 Å². The maximum absolute atomic E-state index is 11.6. The molecule has 1 aliphatic heterocycles. The van der Waals surface area contributed by atoms with Gasteiger partial charge in [0, 0.05) is 11.4 Å². The molecule has 1 N–H and O–H groups in total. The lowest BCUT2D eigenvalue weighted by atomic mass is 10.0. The van der Waals surface area contributed by atoms with Gasteiger partial charge in [0.15, 0.2) is 0 Å². The van der Waals surface area contributed by atoms with Gasteiger partial charge in [0.05, 0.1) is 6.61 Å². The monoisotopic (exact) mass is 211 g/mol. The minimum Gasteiger partial charge on any atom is -0.465 e. The fourth-order valence-corrected chi connectivity index (χ4v) is 2.68. The maximum atomic E-state index is 11.6. The number of hydrogen-bond acceptors (Lipinski definition) is 4. The van der Waals surface area contributed by atoms with Gasteiger partial charge in [0.1, 0.15) is 6.04 Å². The number of hydrogen-bond donors (Lipinski definition) is 1. The molecule has 0 saturated carbocycles. The molecule has 1 atom stereocenters. The summed E-state index contributed by atoms with van der Waals surface area (Å²) in [4.78, 5) is 12.7. The fourth-order valence-electron chi connectivity index (χ4n) is 1.67. The molecule has 1 aliphatic rings. The van der Waals surface area contributed by atoms with Crippen LogP contribution in [0.4, 0.5) is 0 Å². The zero-order chi connectivity index (χ0) is 9.97. The highest BCUT2D eigenvalue weighted by molar-refractivity contribution is 7.10. The van der Waals surface area contributed by atoms with E-state index < -0.39 is 0 Å². The summed E-state index contributed by atoms with van der Waals surface area (Å²) in [5.74, 6) is -0.157. The molecule has 1 aromatic rings. The van der Waals surface area contributed by atoms with Crippen LogP contribution in [-0.4, -0.2) is 19.1 Å². The fraction of sp³-hybridized carbons (Fsp3) is 0.500. The lowest BCUT2D eigenvalue weighted by Crippen LogP contribution is -2.35. The van der Waals surface area contributed by atoms with Gasteiger partial charge in [-0.2, -0.15) is 0 Å². The molecule has 0 unspecified atom stereocenters. The maximum Gasteiger partial charge on any atom is 0.328 e. The van der Waals surface area contributed by atoms with Crippen molar-refractivity contribution in [3.63, 3.8) is 0 Å². The van der Waals surface area contributed by atoms with Gasteiger partial charge >= 0.3 is 5.97 Å². The van der Waals surface area contributed by atoms with E-state index in [0.717, 1.165) is 17.8 Å². The van der Waals surface area contributed by atoms with Crippen LogP contribution in [0.2, 0.25) is 0 Å². The number of rotatable bonds is 2. The van der Waals surface area contributed by atoms with Gasteiger partial charge in [-0.3, -0.25) is 5.32 Å². The van der Waals surface area contributed by atoms with E-state index >= 15 is 0 Å². The Bertz CT molecular complexity index is 335. The molecular formula is C10H13NO2S. The summed E-state index contributed by atoms with van der Waals surface area (Å²) >= 11 is 1.62. The molecule has 0 spiro atoms. The van der Waals surface area contributed by atoms with Crippen LogP contribution < -0.4 is 5.32 Å². The topological polar surface area (TPSA) is 38.3 Å². The van der Waals surface area contributed by atoms with E-state index in [9.17, 15) is 4.79 Å². The first-order valence-corrected chi connectivity index (χ1v) is 5.67. The lowest BCUT2D eigenvalue weighted by molar-refractivity contribution is -0.145. The molecule has 0 bridgehead atoms. The quantitative estimate of drug-likeness (QED) is 0.753. The second-order valence-corrected chi connectivity index (χ2v) is 4.15. The first-order chi connectivity index (χ1) is 6.83. The summed E-state index contributed by atoms with van der Waals surface area (Å²) in [7, 11) is 0. The van der Waals surface area contributed by atoms with Crippen LogP contribution in [0.3, 0.4) is 0 Å². The third-order valence-electron chi connectivity index (χ3n) is 2.31. The van der Waals surface area contributed by atoms with Crippen LogP contribution in [0.5, 0.6) is 0 Å². The predicted octanol–water partition coefficient (Wildman–Crippen LogP) is 1.50. The van der Waals surface area contributed by atoms with Crippen LogP contribution in [0, 0.1) is 0 Å². The molecular weight excluding hydrogens is 198 g/mol. The largest absolute Gasteiger partial charge is 0.465 e. The summed E-state index contributed by atoms with van der Waals surface area (Å²) in [5.41, 5.74) is 1.28. The SMILES string of the molecule is CCOC(=O)[C@H]1NCCc2ccsc21. The third kappa shape index (κ3) is 1.67. The van der Waals surface area contributed by atoms with Crippen molar-refractivity contribution in [1.82, 2.24) is 5.32 Å². The van der Waals surface area contributed by atoms with Crippen LogP contribution in [0.15, 0.2) is 11.4 Å². The Hall–Kier alpha value is -0.870. The predicted molar refractivity (Wildman–Crippen MR) is 55.4 cm³/mol. The van der Waals surface area contributed by atoms with E-state index in [1.165, 1.54) is 5.56 Å². The van der Waals surface area contributed by atoms with Crippen LogP contribution in [-0.2, 0) is 16.0 Å². The Morgan fingerprint density at radius 3 is 3.43 bits per heavy atom. The van der Waals surface area contributed by atoms with Crippen molar-refractivity contribution in [3.8, 4) is 0 Å². The third-order valence-corrected chi connectivity index (χ3v) is 3.33. The second kappa shape index (κ2) is 4.11. The zero-order valence-corrected chi connectivity index (χ0v) is 8.89. The van der Waals surface area contributed by atoms with Gasteiger partial charge in [-0.1, -0.05) is 0 Å². The summed E-state index contributed by atoms with van der Waals surface area (Å²) in [6.45, 7) is 3.13. The molecule has 0 fully saturated rings. The van der Waals surface area contributed by atoms with Crippen LogP contribution in [0.1, 0.15) is 23.4 Å². The van der Waals surface area contributed by atoms with Gasteiger partial charge < -0.3 is 4.74 Å². The van der Waals surface area contributed by atoms with Crippen molar-refractivity contribution in [1.29, 1.82) is 0 Å². The van der Waals surface area contributed by atoms with E-state index in [-0.39, 0.29) is 12.0 Å². The minimum absolute atomic E-state index is 0.157. The lowest BCUT2D eigenvalue weighted by Gasteiger charge is -2.21. The van der Waals surface area contributed by atoms with Crippen LogP contribution in [0.25, 0.3) is 0 Å². The zero-order valence-electron chi connectivity index (χ0n) is 8.08. The van der Waals surface area contributed by atoms with E-state index in [0.29, 0.717) is 6.61 Å². The highest BCUT2D eigenvalue weighted by Crippen LogP contribution is 2.28. The molecule has 4 heteroatoms. The smallest absolute Gasteiger partial charge is 0.328 e.